The van der Waals surface area contributed by atoms with E-state index in [1.54, 1.807) is 24.3 Å². The van der Waals surface area contributed by atoms with Gasteiger partial charge in [0.15, 0.2) is 6.10 Å². The Hall–Kier alpha value is -2.80. The van der Waals surface area contributed by atoms with Crippen molar-refractivity contribution in [2.24, 2.45) is 0 Å². The molecular formula is C18H18N2O2. The van der Waals surface area contributed by atoms with Gasteiger partial charge in [0.2, 0.25) is 0 Å². The van der Waals surface area contributed by atoms with Gasteiger partial charge in [0.05, 0.1) is 11.3 Å². The van der Waals surface area contributed by atoms with Crippen molar-refractivity contribution < 1.29 is 9.53 Å². The zero-order valence-corrected chi connectivity index (χ0v) is 12.7. The molecule has 0 aromatic heterocycles. The monoisotopic (exact) mass is 294 g/mol. The van der Waals surface area contributed by atoms with Crippen molar-refractivity contribution in [3.05, 3.63) is 59.7 Å². The van der Waals surface area contributed by atoms with Crippen LogP contribution < -0.4 is 10.1 Å². The van der Waals surface area contributed by atoms with E-state index in [9.17, 15) is 4.79 Å². The van der Waals surface area contributed by atoms with Gasteiger partial charge in [0, 0.05) is 0 Å². The highest BCUT2D eigenvalue weighted by molar-refractivity contribution is 5.95. The van der Waals surface area contributed by atoms with Crippen molar-refractivity contribution in [2.75, 3.05) is 5.32 Å². The van der Waals surface area contributed by atoms with Gasteiger partial charge >= 0.3 is 0 Å². The number of aryl methyl sites for hydroxylation is 1. The lowest BCUT2D eigenvalue weighted by atomic mass is 10.1. The SMILES string of the molecule is CC[C@@H](Oc1cccc(C)c1)C(=O)Nc1ccccc1C#N. The summed E-state index contributed by atoms with van der Waals surface area (Å²) < 4.78 is 5.76. The Labute approximate surface area is 130 Å². The minimum atomic E-state index is -0.603. The Balaban J connectivity index is 2.11. The summed E-state index contributed by atoms with van der Waals surface area (Å²) >= 11 is 0. The standard InChI is InChI=1S/C18H18N2O2/c1-3-17(22-15-9-6-7-13(2)11-15)18(21)20-16-10-5-4-8-14(16)12-19/h4-11,17H,3H2,1-2H3,(H,20,21)/t17-/m1/s1. The second kappa shape index (κ2) is 7.28. The molecule has 0 aliphatic heterocycles. The Kier molecular flexibility index (Phi) is 5.16. The maximum Gasteiger partial charge on any atom is 0.265 e. The number of benzene rings is 2. The van der Waals surface area contributed by atoms with Crippen LogP contribution in [0.2, 0.25) is 0 Å². The van der Waals surface area contributed by atoms with Crippen LogP contribution >= 0.6 is 0 Å². The first-order valence-corrected chi connectivity index (χ1v) is 7.17. The quantitative estimate of drug-likeness (QED) is 0.915. The number of amides is 1. The molecule has 0 saturated carbocycles. The third kappa shape index (κ3) is 3.86. The molecule has 0 heterocycles. The van der Waals surface area contributed by atoms with E-state index in [-0.39, 0.29) is 5.91 Å². The summed E-state index contributed by atoms with van der Waals surface area (Å²) in [5, 5.41) is 11.8. The molecule has 4 heteroatoms. The summed E-state index contributed by atoms with van der Waals surface area (Å²) in [6.07, 6.45) is -0.0670. The molecule has 0 fully saturated rings. The molecule has 1 N–H and O–H groups in total. The lowest BCUT2D eigenvalue weighted by Gasteiger charge is -2.18. The van der Waals surface area contributed by atoms with Crippen LogP contribution in [-0.4, -0.2) is 12.0 Å². The summed E-state index contributed by atoms with van der Waals surface area (Å²) in [6, 6.07) is 16.5. The number of hydrogen-bond acceptors (Lipinski definition) is 3. The highest BCUT2D eigenvalue weighted by Gasteiger charge is 2.19. The van der Waals surface area contributed by atoms with Crippen molar-refractivity contribution in [3.8, 4) is 11.8 Å². The number of hydrogen-bond donors (Lipinski definition) is 1. The van der Waals surface area contributed by atoms with Gasteiger partial charge in [-0.3, -0.25) is 4.79 Å². The van der Waals surface area contributed by atoms with Crippen LogP contribution in [0.4, 0.5) is 5.69 Å². The second-order valence-electron chi connectivity index (χ2n) is 4.98. The van der Waals surface area contributed by atoms with Gasteiger partial charge in [0.1, 0.15) is 11.8 Å². The highest BCUT2D eigenvalue weighted by Crippen LogP contribution is 2.18. The average molecular weight is 294 g/mol. The Morgan fingerprint density at radius 3 is 2.73 bits per heavy atom. The Morgan fingerprint density at radius 1 is 1.27 bits per heavy atom. The molecule has 0 unspecified atom stereocenters. The predicted molar refractivity (Wildman–Crippen MR) is 85.7 cm³/mol. The molecule has 1 amide bonds. The van der Waals surface area contributed by atoms with Gasteiger partial charge in [-0.25, -0.2) is 0 Å². The zero-order chi connectivity index (χ0) is 15.9. The van der Waals surface area contributed by atoms with Crippen LogP contribution in [-0.2, 0) is 4.79 Å². The van der Waals surface area contributed by atoms with Crippen LogP contribution in [0.3, 0.4) is 0 Å². The van der Waals surface area contributed by atoms with E-state index in [0.29, 0.717) is 23.4 Å². The number of anilines is 1. The first-order valence-electron chi connectivity index (χ1n) is 7.17. The van der Waals surface area contributed by atoms with E-state index in [4.69, 9.17) is 10.00 Å². The van der Waals surface area contributed by atoms with Crippen LogP contribution in [0.5, 0.6) is 5.75 Å². The van der Waals surface area contributed by atoms with E-state index in [2.05, 4.69) is 11.4 Å². The average Bonchev–Trinajstić information content (AvgIpc) is 2.53. The summed E-state index contributed by atoms with van der Waals surface area (Å²) in [5.74, 6) is 0.405. The van der Waals surface area contributed by atoms with E-state index >= 15 is 0 Å². The zero-order valence-electron chi connectivity index (χ0n) is 12.7. The van der Waals surface area contributed by atoms with E-state index in [0.717, 1.165) is 5.56 Å². The maximum absolute atomic E-state index is 12.4. The third-order valence-electron chi connectivity index (χ3n) is 3.24. The smallest absolute Gasteiger partial charge is 0.265 e. The van der Waals surface area contributed by atoms with Crippen LogP contribution in [0.15, 0.2) is 48.5 Å². The summed E-state index contributed by atoms with van der Waals surface area (Å²) in [7, 11) is 0. The fraction of sp³-hybridized carbons (Fsp3) is 0.222. The van der Waals surface area contributed by atoms with E-state index < -0.39 is 6.10 Å². The molecule has 4 nitrogen and oxygen atoms in total. The first-order chi connectivity index (χ1) is 10.6. The highest BCUT2D eigenvalue weighted by atomic mass is 16.5. The van der Waals surface area contributed by atoms with E-state index in [1.807, 2.05) is 38.1 Å². The lowest BCUT2D eigenvalue weighted by molar-refractivity contribution is -0.122. The number of nitrogens with one attached hydrogen (secondary N) is 1. The molecule has 0 bridgehead atoms. The first kappa shape index (κ1) is 15.6. The van der Waals surface area contributed by atoms with Crippen LogP contribution in [0, 0.1) is 18.3 Å². The molecule has 0 aliphatic carbocycles. The van der Waals surface area contributed by atoms with Crippen LogP contribution in [0.1, 0.15) is 24.5 Å². The lowest BCUT2D eigenvalue weighted by Crippen LogP contribution is -2.32. The number of para-hydroxylation sites is 1. The van der Waals surface area contributed by atoms with E-state index in [1.165, 1.54) is 0 Å². The number of nitriles is 1. The molecule has 0 saturated heterocycles. The molecule has 0 aliphatic rings. The van der Waals surface area contributed by atoms with Crippen molar-refractivity contribution >= 4 is 11.6 Å². The minimum Gasteiger partial charge on any atom is -0.481 e. The fourth-order valence-corrected chi connectivity index (χ4v) is 2.08. The largest absolute Gasteiger partial charge is 0.481 e. The summed E-state index contributed by atoms with van der Waals surface area (Å²) in [6.45, 7) is 3.85. The predicted octanol–water partition coefficient (Wildman–Crippen LogP) is 3.66. The molecule has 2 aromatic carbocycles. The van der Waals surface area contributed by atoms with Crippen molar-refractivity contribution in [3.63, 3.8) is 0 Å². The Bertz CT molecular complexity index is 704. The molecule has 2 aromatic rings. The summed E-state index contributed by atoms with van der Waals surface area (Å²) in [5.41, 5.74) is 2.00. The van der Waals surface area contributed by atoms with Crippen LogP contribution in [0.25, 0.3) is 0 Å². The molecule has 0 spiro atoms. The van der Waals surface area contributed by atoms with Crippen molar-refractivity contribution in [1.82, 2.24) is 0 Å². The normalized spacial score (nSPS) is 11.3. The molecule has 1 atom stereocenters. The van der Waals surface area contributed by atoms with Crippen molar-refractivity contribution in [2.45, 2.75) is 26.4 Å². The fourth-order valence-electron chi connectivity index (χ4n) is 2.08. The molecular weight excluding hydrogens is 276 g/mol. The second-order valence-corrected chi connectivity index (χ2v) is 4.98. The third-order valence-corrected chi connectivity index (χ3v) is 3.24. The molecule has 2 rings (SSSR count). The van der Waals surface area contributed by atoms with Gasteiger partial charge in [-0.15, -0.1) is 0 Å². The Morgan fingerprint density at radius 2 is 2.05 bits per heavy atom. The molecule has 112 valence electrons. The van der Waals surface area contributed by atoms with Gasteiger partial charge in [-0.05, 0) is 43.2 Å². The number of carbonyl (C=O) groups excluding carboxylic acids is 1. The number of carbonyl (C=O) groups is 1. The number of ether oxygens (including phenoxy) is 1. The van der Waals surface area contributed by atoms with Gasteiger partial charge in [0.25, 0.3) is 5.91 Å². The maximum atomic E-state index is 12.4. The summed E-state index contributed by atoms with van der Waals surface area (Å²) in [4.78, 5) is 12.4. The van der Waals surface area contributed by atoms with Gasteiger partial charge in [-0.1, -0.05) is 31.2 Å². The number of nitrogens with zero attached hydrogens (tertiary/aromatic N) is 1. The topological polar surface area (TPSA) is 62.1 Å². The molecule has 0 radical (unpaired) electrons. The van der Waals surface area contributed by atoms with Gasteiger partial charge < -0.3 is 10.1 Å². The minimum absolute atomic E-state index is 0.258. The van der Waals surface area contributed by atoms with Gasteiger partial charge in [-0.2, -0.15) is 5.26 Å². The number of rotatable bonds is 5. The van der Waals surface area contributed by atoms with Crippen molar-refractivity contribution in [1.29, 1.82) is 5.26 Å². The molecule has 22 heavy (non-hydrogen) atoms.